The molecule has 2 rings (SSSR count). The largest absolute Gasteiger partial charge is 0.493 e. The molecule has 0 spiro atoms. The van der Waals surface area contributed by atoms with Crippen LogP contribution in [-0.2, 0) is 6.54 Å². The lowest BCUT2D eigenvalue weighted by Crippen LogP contribution is -2.23. The predicted octanol–water partition coefficient (Wildman–Crippen LogP) is 3.81. The van der Waals surface area contributed by atoms with E-state index in [1.54, 1.807) is 12.1 Å². The van der Waals surface area contributed by atoms with Crippen molar-refractivity contribution < 1.29 is 27.4 Å². The van der Waals surface area contributed by atoms with Crippen molar-refractivity contribution in [2.75, 3.05) is 14.2 Å². The van der Waals surface area contributed by atoms with Crippen LogP contribution in [0.1, 0.15) is 15.9 Å². The van der Waals surface area contributed by atoms with Gasteiger partial charge in [0, 0.05) is 12.1 Å². The fraction of sp³-hybridized carbons (Fsp3) is 0.188. The number of carbonyl (C=O) groups is 1. The van der Waals surface area contributed by atoms with Crippen molar-refractivity contribution in [3.05, 3.63) is 57.3 Å². The maximum atomic E-state index is 13.2. The molecule has 0 aromatic heterocycles. The van der Waals surface area contributed by atoms with Crippen molar-refractivity contribution in [1.82, 2.24) is 5.32 Å². The van der Waals surface area contributed by atoms with E-state index in [0.29, 0.717) is 33.7 Å². The van der Waals surface area contributed by atoms with Gasteiger partial charge < -0.3 is 14.8 Å². The first-order chi connectivity index (χ1) is 11.4. The molecule has 0 aliphatic carbocycles. The van der Waals surface area contributed by atoms with Gasteiger partial charge in [-0.3, -0.25) is 4.79 Å². The summed E-state index contributed by atoms with van der Waals surface area (Å²) >= 11 is 3.32. The van der Waals surface area contributed by atoms with Gasteiger partial charge in [0.05, 0.1) is 18.7 Å². The molecule has 0 aliphatic rings. The van der Waals surface area contributed by atoms with Crippen LogP contribution in [-0.4, -0.2) is 20.1 Å². The molecule has 0 unspecified atom stereocenters. The van der Waals surface area contributed by atoms with Gasteiger partial charge in [-0.2, -0.15) is 0 Å². The van der Waals surface area contributed by atoms with E-state index >= 15 is 0 Å². The van der Waals surface area contributed by atoms with Crippen molar-refractivity contribution in [2.24, 2.45) is 0 Å². The highest BCUT2D eigenvalue weighted by atomic mass is 79.9. The van der Waals surface area contributed by atoms with Crippen LogP contribution in [0.4, 0.5) is 13.2 Å². The van der Waals surface area contributed by atoms with Crippen LogP contribution in [0.15, 0.2) is 28.7 Å². The van der Waals surface area contributed by atoms with E-state index in [4.69, 9.17) is 9.47 Å². The van der Waals surface area contributed by atoms with Crippen molar-refractivity contribution in [2.45, 2.75) is 6.54 Å². The van der Waals surface area contributed by atoms with Crippen LogP contribution < -0.4 is 14.8 Å². The van der Waals surface area contributed by atoms with Gasteiger partial charge in [-0.15, -0.1) is 0 Å². The number of ether oxygens (including phenoxy) is 2. The number of benzene rings is 2. The first-order valence-corrected chi connectivity index (χ1v) is 7.49. The van der Waals surface area contributed by atoms with Gasteiger partial charge in [-0.1, -0.05) is 0 Å². The second-order valence-electron chi connectivity index (χ2n) is 4.75. The molecule has 0 fully saturated rings. The van der Waals surface area contributed by atoms with Gasteiger partial charge >= 0.3 is 0 Å². The molecular weight excluding hydrogens is 391 g/mol. The number of hydrogen-bond donors (Lipinski definition) is 1. The Balaban J connectivity index is 2.16. The molecule has 128 valence electrons. The molecule has 2 aromatic rings. The summed E-state index contributed by atoms with van der Waals surface area (Å²) in [5, 5.41) is 2.49. The molecule has 0 bridgehead atoms. The number of amides is 1. The second kappa shape index (κ2) is 7.57. The Kier molecular flexibility index (Phi) is 5.71. The van der Waals surface area contributed by atoms with Crippen molar-refractivity contribution in [3.8, 4) is 11.5 Å². The maximum absolute atomic E-state index is 13.2. The smallest absolute Gasteiger partial charge is 0.251 e. The summed E-state index contributed by atoms with van der Waals surface area (Å²) in [4.78, 5) is 12.0. The normalized spacial score (nSPS) is 10.4. The van der Waals surface area contributed by atoms with Gasteiger partial charge in [0.2, 0.25) is 0 Å². The molecule has 0 aliphatic heterocycles. The van der Waals surface area contributed by atoms with Gasteiger partial charge in [-0.05, 0) is 45.8 Å². The van der Waals surface area contributed by atoms with Crippen molar-refractivity contribution in [1.29, 1.82) is 0 Å². The molecule has 2 aromatic carbocycles. The zero-order valence-electron chi connectivity index (χ0n) is 12.8. The summed E-state index contributed by atoms with van der Waals surface area (Å²) < 4.78 is 50.2. The van der Waals surface area contributed by atoms with Crippen molar-refractivity contribution in [3.63, 3.8) is 0 Å². The molecule has 1 N–H and O–H groups in total. The highest BCUT2D eigenvalue weighted by Crippen LogP contribution is 2.36. The van der Waals surface area contributed by atoms with Gasteiger partial charge in [0.25, 0.3) is 5.91 Å². The molecule has 0 heterocycles. The van der Waals surface area contributed by atoms with E-state index in [9.17, 15) is 18.0 Å². The van der Waals surface area contributed by atoms with Crippen LogP contribution in [0, 0.1) is 17.5 Å². The lowest BCUT2D eigenvalue weighted by molar-refractivity contribution is 0.0949. The molecule has 0 saturated carbocycles. The highest BCUT2D eigenvalue weighted by Gasteiger charge is 2.16. The van der Waals surface area contributed by atoms with E-state index in [0.717, 1.165) is 0 Å². The van der Waals surface area contributed by atoms with Crippen LogP contribution in [0.5, 0.6) is 11.5 Å². The molecule has 0 atom stereocenters. The van der Waals surface area contributed by atoms with Gasteiger partial charge in [0.1, 0.15) is 0 Å². The minimum atomic E-state index is -1.62. The van der Waals surface area contributed by atoms with E-state index < -0.39 is 23.4 Å². The summed E-state index contributed by atoms with van der Waals surface area (Å²) in [7, 11) is 2.96. The third kappa shape index (κ3) is 3.81. The standard InChI is InChI=1S/C16H13BrF3NO3/c1-23-13-4-8(3-10(17)15(13)24-2)7-21-16(22)9-5-11(18)14(20)12(19)6-9/h3-6H,7H2,1-2H3,(H,21,22). The molecule has 0 saturated heterocycles. The average molecular weight is 404 g/mol. The Morgan fingerprint density at radius 2 is 1.71 bits per heavy atom. The second-order valence-corrected chi connectivity index (χ2v) is 5.60. The highest BCUT2D eigenvalue weighted by molar-refractivity contribution is 9.10. The van der Waals surface area contributed by atoms with E-state index in [-0.39, 0.29) is 12.1 Å². The third-order valence-electron chi connectivity index (χ3n) is 3.19. The SMILES string of the molecule is COc1cc(CNC(=O)c2cc(F)c(F)c(F)c2)cc(Br)c1OC. The fourth-order valence-electron chi connectivity index (χ4n) is 2.04. The van der Waals surface area contributed by atoms with Crippen LogP contribution in [0.2, 0.25) is 0 Å². The number of nitrogens with one attached hydrogen (secondary N) is 1. The third-order valence-corrected chi connectivity index (χ3v) is 3.78. The number of halogens is 4. The quantitative estimate of drug-likeness (QED) is 0.772. The lowest BCUT2D eigenvalue weighted by Gasteiger charge is -2.12. The van der Waals surface area contributed by atoms with E-state index in [1.165, 1.54) is 14.2 Å². The van der Waals surface area contributed by atoms with E-state index in [1.807, 2.05) is 0 Å². The number of carbonyl (C=O) groups excluding carboxylic acids is 1. The molecule has 1 amide bonds. The zero-order valence-corrected chi connectivity index (χ0v) is 14.3. The molecule has 0 radical (unpaired) electrons. The van der Waals surface area contributed by atoms with Gasteiger partial charge in [-0.25, -0.2) is 13.2 Å². The monoisotopic (exact) mass is 403 g/mol. The lowest BCUT2D eigenvalue weighted by atomic mass is 10.1. The summed E-state index contributed by atoms with van der Waals surface area (Å²) in [6.07, 6.45) is 0. The Morgan fingerprint density at radius 1 is 1.08 bits per heavy atom. The van der Waals surface area contributed by atoms with E-state index in [2.05, 4.69) is 21.2 Å². The van der Waals surface area contributed by atoms with Gasteiger partial charge in [0.15, 0.2) is 29.0 Å². The topological polar surface area (TPSA) is 47.6 Å². The Bertz CT molecular complexity index is 760. The Labute approximate surface area is 144 Å². The summed E-state index contributed by atoms with van der Waals surface area (Å²) in [5.41, 5.74) is 0.349. The summed E-state index contributed by atoms with van der Waals surface area (Å²) in [6.45, 7) is 0.0679. The van der Waals surface area contributed by atoms with Crippen LogP contribution in [0.25, 0.3) is 0 Å². The fourth-order valence-corrected chi connectivity index (χ4v) is 2.70. The van der Waals surface area contributed by atoms with Crippen molar-refractivity contribution >= 4 is 21.8 Å². The number of methoxy groups -OCH3 is 2. The number of hydrogen-bond acceptors (Lipinski definition) is 3. The molecular formula is C16H13BrF3NO3. The molecule has 8 heteroatoms. The molecule has 24 heavy (non-hydrogen) atoms. The predicted molar refractivity (Wildman–Crippen MR) is 84.7 cm³/mol. The first kappa shape index (κ1) is 18.1. The minimum absolute atomic E-state index is 0.0679. The Hall–Kier alpha value is -2.22. The summed E-state index contributed by atoms with van der Waals surface area (Å²) in [5.74, 6) is -4.25. The maximum Gasteiger partial charge on any atom is 0.251 e. The zero-order chi connectivity index (χ0) is 17.9. The molecule has 4 nitrogen and oxygen atoms in total. The average Bonchev–Trinajstić information content (AvgIpc) is 2.56. The summed E-state index contributed by atoms with van der Waals surface area (Å²) in [6, 6.07) is 4.62. The number of rotatable bonds is 5. The van der Waals surface area contributed by atoms with Crippen LogP contribution >= 0.6 is 15.9 Å². The Morgan fingerprint density at radius 3 is 2.25 bits per heavy atom. The first-order valence-electron chi connectivity index (χ1n) is 6.70. The van der Waals surface area contributed by atoms with Crippen LogP contribution in [0.3, 0.4) is 0 Å². The minimum Gasteiger partial charge on any atom is -0.493 e.